The van der Waals surface area contributed by atoms with E-state index in [0.717, 1.165) is 34.6 Å². The first-order valence-electron chi connectivity index (χ1n) is 6.02. The quantitative estimate of drug-likeness (QED) is 0.867. The zero-order chi connectivity index (χ0) is 13.1. The van der Waals surface area contributed by atoms with E-state index in [-0.39, 0.29) is 0 Å². The largest absolute Gasteiger partial charge is 0.507 e. The van der Waals surface area contributed by atoms with Crippen molar-refractivity contribution in [1.29, 1.82) is 0 Å². The molecule has 94 valence electrons. The van der Waals surface area contributed by atoms with Gasteiger partial charge in [0.25, 0.3) is 0 Å². The van der Waals surface area contributed by atoms with Crippen molar-refractivity contribution in [2.24, 2.45) is 0 Å². The molecule has 0 aliphatic heterocycles. The van der Waals surface area contributed by atoms with Crippen molar-refractivity contribution < 1.29 is 5.11 Å². The fraction of sp³-hybridized carbons (Fsp3) is 0.267. The average Bonchev–Trinajstić information content (AvgIpc) is 2.35. The maximum atomic E-state index is 9.72. The van der Waals surface area contributed by atoms with Gasteiger partial charge in [-0.1, -0.05) is 12.1 Å². The molecule has 0 bridgehead atoms. The van der Waals surface area contributed by atoms with Gasteiger partial charge in [-0.25, -0.2) is 0 Å². The van der Waals surface area contributed by atoms with E-state index in [1.807, 2.05) is 51.2 Å². The number of benzene rings is 1. The Labute approximate surface area is 108 Å². The molecule has 1 aromatic heterocycles. The van der Waals surface area contributed by atoms with Crippen LogP contribution in [0.15, 0.2) is 30.5 Å². The van der Waals surface area contributed by atoms with Crippen LogP contribution in [0.25, 0.3) is 0 Å². The highest BCUT2D eigenvalue weighted by atomic mass is 16.3. The molecule has 2 rings (SSSR count). The smallest absolute Gasteiger partial charge is 0.121 e. The summed E-state index contributed by atoms with van der Waals surface area (Å²) in [6.45, 7) is 6.53. The van der Waals surface area contributed by atoms with Crippen molar-refractivity contribution in [1.82, 2.24) is 4.98 Å². The lowest BCUT2D eigenvalue weighted by Gasteiger charge is -2.10. The van der Waals surface area contributed by atoms with Crippen molar-refractivity contribution in [2.75, 3.05) is 5.32 Å². The Hall–Kier alpha value is -2.03. The van der Waals surface area contributed by atoms with E-state index < -0.39 is 0 Å². The van der Waals surface area contributed by atoms with Crippen LogP contribution in [-0.4, -0.2) is 10.1 Å². The van der Waals surface area contributed by atoms with Gasteiger partial charge in [-0.2, -0.15) is 0 Å². The van der Waals surface area contributed by atoms with Gasteiger partial charge in [0.1, 0.15) is 5.75 Å². The molecule has 0 fully saturated rings. The summed E-state index contributed by atoms with van der Waals surface area (Å²) < 4.78 is 0. The van der Waals surface area contributed by atoms with Crippen LogP contribution in [0.2, 0.25) is 0 Å². The van der Waals surface area contributed by atoms with Gasteiger partial charge in [0.15, 0.2) is 0 Å². The standard InChI is InChI=1S/C15H18N2O/c1-10-6-13(7-11(2)15(10)18)8-17-14-5-4-12(3)16-9-14/h4-7,9,17-18H,8H2,1-3H3. The van der Waals surface area contributed by atoms with Gasteiger partial charge >= 0.3 is 0 Å². The Morgan fingerprint density at radius 2 is 1.78 bits per heavy atom. The number of aromatic nitrogens is 1. The molecule has 2 N–H and O–H groups in total. The first-order chi connectivity index (χ1) is 8.56. The lowest BCUT2D eigenvalue weighted by atomic mass is 10.1. The minimum atomic E-state index is 0.385. The molecule has 0 aliphatic rings. The van der Waals surface area contributed by atoms with Gasteiger partial charge in [-0.3, -0.25) is 4.98 Å². The molecule has 0 radical (unpaired) electrons. The van der Waals surface area contributed by atoms with E-state index >= 15 is 0 Å². The number of nitrogens with one attached hydrogen (secondary N) is 1. The van der Waals surface area contributed by atoms with Gasteiger partial charge in [0, 0.05) is 12.2 Å². The van der Waals surface area contributed by atoms with E-state index in [9.17, 15) is 5.11 Å². The predicted molar refractivity (Wildman–Crippen MR) is 73.9 cm³/mol. The Morgan fingerprint density at radius 3 is 2.33 bits per heavy atom. The summed E-state index contributed by atoms with van der Waals surface area (Å²) in [6.07, 6.45) is 1.83. The fourth-order valence-corrected chi connectivity index (χ4v) is 1.92. The molecule has 1 aromatic carbocycles. The number of aromatic hydroxyl groups is 1. The van der Waals surface area contributed by atoms with Gasteiger partial charge in [0.2, 0.25) is 0 Å². The van der Waals surface area contributed by atoms with Crippen molar-refractivity contribution in [2.45, 2.75) is 27.3 Å². The zero-order valence-corrected chi connectivity index (χ0v) is 11.0. The van der Waals surface area contributed by atoms with Crippen LogP contribution in [0.1, 0.15) is 22.4 Å². The van der Waals surface area contributed by atoms with Gasteiger partial charge in [-0.15, -0.1) is 0 Å². The summed E-state index contributed by atoms with van der Waals surface area (Å²) >= 11 is 0. The van der Waals surface area contributed by atoms with Crippen molar-refractivity contribution in [3.63, 3.8) is 0 Å². The van der Waals surface area contributed by atoms with E-state index in [1.54, 1.807) is 0 Å². The summed E-state index contributed by atoms with van der Waals surface area (Å²) in [5, 5.41) is 13.0. The molecule has 1 heterocycles. The predicted octanol–water partition coefficient (Wildman–Crippen LogP) is 3.32. The van der Waals surface area contributed by atoms with E-state index in [4.69, 9.17) is 0 Å². The number of anilines is 1. The highest BCUT2D eigenvalue weighted by Gasteiger charge is 2.03. The van der Waals surface area contributed by atoms with Crippen LogP contribution in [-0.2, 0) is 6.54 Å². The molecule has 0 saturated carbocycles. The lowest BCUT2D eigenvalue weighted by Crippen LogP contribution is -2.01. The Balaban J connectivity index is 2.08. The SMILES string of the molecule is Cc1ccc(NCc2cc(C)c(O)c(C)c2)cn1. The zero-order valence-electron chi connectivity index (χ0n) is 11.0. The second-order valence-corrected chi connectivity index (χ2v) is 4.62. The molecule has 0 atom stereocenters. The van der Waals surface area contributed by atoms with Crippen LogP contribution in [0.4, 0.5) is 5.69 Å². The Kier molecular flexibility index (Phi) is 3.51. The van der Waals surface area contributed by atoms with Crippen molar-refractivity contribution >= 4 is 5.69 Å². The van der Waals surface area contributed by atoms with Crippen LogP contribution < -0.4 is 5.32 Å². The summed E-state index contributed by atoms with van der Waals surface area (Å²) in [5.41, 5.74) is 4.99. The molecular formula is C15H18N2O. The summed E-state index contributed by atoms with van der Waals surface area (Å²) in [4.78, 5) is 4.24. The van der Waals surface area contributed by atoms with Gasteiger partial charge in [-0.05, 0) is 49.6 Å². The summed E-state index contributed by atoms with van der Waals surface area (Å²) in [6, 6.07) is 7.99. The van der Waals surface area contributed by atoms with E-state index in [1.165, 1.54) is 0 Å². The molecule has 0 unspecified atom stereocenters. The molecule has 0 amide bonds. The molecule has 18 heavy (non-hydrogen) atoms. The molecule has 2 aromatic rings. The molecule has 0 saturated heterocycles. The van der Waals surface area contributed by atoms with Gasteiger partial charge < -0.3 is 10.4 Å². The maximum absolute atomic E-state index is 9.72. The fourth-order valence-electron chi connectivity index (χ4n) is 1.92. The van der Waals surface area contributed by atoms with E-state index in [0.29, 0.717) is 5.75 Å². The molecule has 0 aliphatic carbocycles. The first kappa shape index (κ1) is 12.4. The summed E-state index contributed by atoms with van der Waals surface area (Å²) in [7, 11) is 0. The highest BCUT2D eigenvalue weighted by Crippen LogP contribution is 2.23. The van der Waals surface area contributed by atoms with Crippen LogP contribution >= 0.6 is 0 Å². The van der Waals surface area contributed by atoms with Crippen LogP contribution in [0.3, 0.4) is 0 Å². The minimum absolute atomic E-state index is 0.385. The average molecular weight is 242 g/mol. The number of phenolic OH excluding ortho intramolecular Hbond substituents is 1. The number of phenols is 1. The number of nitrogens with zero attached hydrogens (tertiary/aromatic N) is 1. The molecule has 0 spiro atoms. The third kappa shape index (κ3) is 2.80. The molecular weight excluding hydrogens is 224 g/mol. The number of hydrogen-bond acceptors (Lipinski definition) is 3. The number of pyridine rings is 1. The van der Waals surface area contributed by atoms with E-state index in [2.05, 4.69) is 10.3 Å². The third-order valence-electron chi connectivity index (χ3n) is 2.96. The highest BCUT2D eigenvalue weighted by molar-refractivity contribution is 5.45. The second kappa shape index (κ2) is 5.08. The number of aryl methyl sites for hydroxylation is 3. The monoisotopic (exact) mass is 242 g/mol. The number of hydrogen-bond donors (Lipinski definition) is 2. The molecule has 3 heteroatoms. The lowest BCUT2D eigenvalue weighted by molar-refractivity contribution is 0.466. The van der Waals surface area contributed by atoms with Crippen LogP contribution in [0, 0.1) is 20.8 Å². The third-order valence-corrected chi connectivity index (χ3v) is 2.96. The molecule has 3 nitrogen and oxygen atoms in total. The topological polar surface area (TPSA) is 45.1 Å². The minimum Gasteiger partial charge on any atom is -0.507 e. The first-order valence-corrected chi connectivity index (χ1v) is 6.02. The van der Waals surface area contributed by atoms with Crippen molar-refractivity contribution in [3.8, 4) is 5.75 Å². The van der Waals surface area contributed by atoms with Crippen molar-refractivity contribution in [3.05, 3.63) is 52.8 Å². The van der Waals surface area contributed by atoms with Gasteiger partial charge in [0.05, 0.1) is 11.9 Å². The second-order valence-electron chi connectivity index (χ2n) is 4.62. The van der Waals surface area contributed by atoms with Crippen LogP contribution in [0.5, 0.6) is 5.75 Å². The number of rotatable bonds is 3. The maximum Gasteiger partial charge on any atom is 0.121 e. The Morgan fingerprint density at radius 1 is 1.11 bits per heavy atom. The normalized spacial score (nSPS) is 10.4. The Bertz CT molecular complexity index is 524. The summed E-state index contributed by atoms with van der Waals surface area (Å²) in [5.74, 6) is 0.385.